The Bertz CT molecular complexity index is 775. The van der Waals surface area contributed by atoms with Crippen molar-refractivity contribution >= 4 is 17.5 Å². The van der Waals surface area contributed by atoms with Gasteiger partial charge >= 0.3 is 11.9 Å². The van der Waals surface area contributed by atoms with E-state index in [1.807, 2.05) is 30.0 Å². The van der Waals surface area contributed by atoms with E-state index in [1.54, 1.807) is 19.1 Å². The summed E-state index contributed by atoms with van der Waals surface area (Å²) in [7, 11) is 0. The highest BCUT2D eigenvalue weighted by molar-refractivity contribution is 5.92. The summed E-state index contributed by atoms with van der Waals surface area (Å²) in [4.78, 5) is 25.0. The van der Waals surface area contributed by atoms with Crippen LogP contribution < -0.4 is 0 Å². The van der Waals surface area contributed by atoms with Crippen LogP contribution in [0.2, 0.25) is 0 Å². The first kappa shape index (κ1) is 21.6. The Kier molecular flexibility index (Phi) is 7.35. The monoisotopic (exact) mass is 383 g/mol. The summed E-state index contributed by atoms with van der Waals surface area (Å²) in [5, 5.41) is 18.9. The first-order valence-corrected chi connectivity index (χ1v) is 9.62. The maximum absolute atomic E-state index is 11.8. The topological polar surface area (TPSA) is 77.8 Å². The van der Waals surface area contributed by atoms with E-state index in [0.717, 1.165) is 24.8 Å². The number of carbonyl (C=O) groups is 2. The molecule has 0 radical (unpaired) electrons. The molecule has 1 aliphatic carbocycles. The van der Waals surface area contributed by atoms with Gasteiger partial charge in [-0.05, 0) is 38.4 Å². The van der Waals surface area contributed by atoms with Gasteiger partial charge in [-0.2, -0.15) is 0 Å². The van der Waals surface area contributed by atoms with Crippen LogP contribution in [0.15, 0.2) is 60.7 Å². The molecule has 2 atom stereocenters. The van der Waals surface area contributed by atoms with Gasteiger partial charge in [-0.25, -0.2) is 9.59 Å². The first-order valence-electron chi connectivity index (χ1n) is 9.62. The molecule has 0 amide bonds. The Morgan fingerprint density at radius 1 is 1.11 bits per heavy atom. The smallest absolute Gasteiger partial charge is 0.331 e. The number of piperidine rings is 1. The summed E-state index contributed by atoms with van der Waals surface area (Å²) in [6.07, 6.45) is 7.72. The third-order valence-electron chi connectivity index (χ3n) is 5.49. The number of likely N-dealkylation sites (tertiary alicyclic amines) is 1. The lowest BCUT2D eigenvalue weighted by atomic mass is 9.74. The van der Waals surface area contributed by atoms with Gasteiger partial charge in [-0.1, -0.05) is 74.1 Å². The molecule has 0 saturated carbocycles. The van der Waals surface area contributed by atoms with E-state index in [2.05, 4.69) is 18.7 Å². The van der Waals surface area contributed by atoms with E-state index >= 15 is 0 Å². The van der Waals surface area contributed by atoms with Gasteiger partial charge in [0.15, 0.2) is 0 Å². The van der Waals surface area contributed by atoms with Crippen LogP contribution in [-0.4, -0.2) is 45.7 Å². The third kappa shape index (κ3) is 4.60. The third-order valence-corrected chi connectivity index (χ3v) is 5.49. The van der Waals surface area contributed by atoms with Crippen molar-refractivity contribution < 1.29 is 19.8 Å². The van der Waals surface area contributed by atoms with Crippen LogP contribution in [0, 0.1) is 5.92 Å². The summed E-state index contributed by atoms with van der Waals surface area (Å²) >= 11 is 0. The average molecular weight is 383 g/mol. The number of allylic oxidation sites excluding steroid dienone is 3. The van der Waals surface area contributed by atoms with Gasteiger partial charge in [0.25, 0.3) is 0 Å². The van der Waals surface area contributed by atoms with Gasteiger partial charge in [0.1, 0.15) is 5.54 Å². The molecule has 5 heteroatoms. The fourth-order valence-corrected chi connectivity index (χ4v) is 3.84. The van der Waals surface area contributed by atoms with E-state index in [9.17, 15) is 19.8 Å². The standard InChI is InChI=1S/C14H19NO4.C9H10/c1-10-11(12(16)17)6-5-7-14(10,13(18)19)15-8-3-2-4-9-15;1-8(2)9-6-4-3-5-7-9/h5-7,10H,2-4,8-9H2,1H3,(H,16,17)(H,18,19);3-7H,1H2,2H3. The Hall–Kier alpha value is -2.66. The zero-order valence-electron chi connectivity index (χ0n) is 16.6. The van der Waals surface area contributed by atoms with Crippen molar-refractivity contribution in [3.63, 3.8) is 0 Å². The molecule has 1 heterocycles. The molecule has 150 valence electrons. The summed E-state index contributed by atoms with van der Waals surface area (Å²) in [5.74, 6) is -2.57. The van der Waals surface area contributed by atoms with Crippen molar-refractivity contribution in [1.29, 1.82) is 0 Å². The lowest BCUT2D eigenvalue weighted by Crippen LogP contribution is -2.60. The molecule has 2 aliphatic rings. The number of benzene rings is 1. The molecule has 0 bridgehead atoms. The predicted octanol–water partition coefficient (Wildman–Crippen LogP) is 4.23. The zero-order chi connectivity index (χ0) is 20.7. The van der Waals surface area contributed by atoms with Gasteiger partial charge in [-0.15, -0.1) is 0 Å². The van der Waals surface area contributed by atoms with E-state index in [4.69, 9.17) is 0 Å². The average Bonchev–Trinajstić information content (AvgIpc) is 2.69. The van der Waals surface area contributed by atoms with E-state index < -0.39 is 23.4 Å². The van der Waals surface area contributed by atoms with Crippen molar-refractivity contribution in [2.75, 3.05) is 13.1 Å². The molecule has 0 spiro atoms. The Morgan fingerprint density at radius 2 is 1.71 bits per heavy atom. The van der Waals surface area contributed by atoms with E-state index in [0.29, 0.717) is 13.1 Å². The number of carboxylic acid groups (broad SMARTS) is 2. The van der Waals surface area contributed by atoms with Crippen LogP contribution in [0.4, 0.5) is 0 Å². The SMILES string of the molecule is C=C(C)c1ccccc1.CC1C(C(=O)O)=CC=CC1(C(=O)O)N1CCCCC1. The highest BCUT2D eigenvalue weighted by Gasteiger charge is 2.50. The first-order chi connectivity index (χ1) is 13.3. The molecular weight excluding hydrogens is 354 g/mol. The van der Waals surface area contributed by atoms with E-state index in [1.165, 1.54) is 11.6 Å². The highest BCUT2D eigenvalue weighted by atomic mass is 16.4. The fraction of sp³-hybridized carbons (Fsp3) is 0.391. The Morgan fingerprint density at radius 3 is 2.18 bits per heavy atom. The minimum absolute atomic E-state index is 0.162. The molecular formula is C23H29NO4. The minimum Gasteiger partial charge on any atom is -0.480 e. The van der Waals surface area contributed by atoms with Gasteiger partial charge in [0.05, 0.1) is 0 Å². The quantitative estimate of drug-likeness (QED) is 0.813. The van der Waals surface area contributed by atoms with Crippen molar-refractivity contribution in [2.45, 2.75) is 38.6 Å². The molecule has 1 saturated heterocycles. The number of hydrogen-bond donors (Lipinski definition) is 2. The van der Waals surface area contributed by atoms with E-state index in [-0.39, 0.29) is 5.57 Å². The largest absolute Gasteiger partial charge is 0.480 e. The van der Waals surface area contributed by atoms with Gasteiger partial charge < -0.3 is 10.2 Å². The van der Waals surface area contributed by atoms with Gasteiger partial charge in [0.2, 0.25) is 0 Å². The molecule has 1 aliphatic heterocycles. The number of aliphatic carboxylic acids is 2. The Balaban J connectivity index is 0.000000261. The molecule has 0 aromatic heterocycles. The number of carboxylic acids is 2. The molecule has 2 unspecified atom stereocenters. The number of rotatable bonds is 4. The van der Waals surface area contributed by atoms with Crippen molar-refractivity contribution in [3.8, 4) is 0 Å². The molecule has 28 heavy (non-hydrogen) atoms. The lowest BCUT2D eigenvalue weighted by Gasteiger charge is -2.45. The number of hydrogen-bond acceptors (Lipinski definition) is 3. The summed E-state index contributed by atoms with van der Waals surface area (Å²) in [5.41, 5.74) is 1.28. The second kappa shape index (κ2) is 9.51. The van der Waals surface area contributed by atoms with Crippen LogP contribution in [0.1, 0.15) is 38.7 Å². The minimum atomic E-state index is -1.22. The maximum atomic E-state index is 11.8. The predicted molar refractivity (Wildman–Crippen MR) is 111 cm³/mol. The number of nitrogens with zero attached hydrogens (tertiary/aromatic N) is 1. The summed E-state index contributed by atoms with van der Waals surface area (Å²) < 4.78 is 0. The van der Waals surface area contributed by atoms with Crippen LogP contribution in [0.25, 0.3) is 5.57 Å². The summed E-state index contributed by atoms with van der Waals surface area (Å²) in [6.45, 7) is 8.93. The highest BCUT2D eigenvalue weighted by Crippen LogP contribution is 2.37. The van der Waals surface area contributed by atoms with Gasteiger partial charge in [0, 0.05) is 11.5 Å². The van der Waals surface area contributed by atoms with Crippen LogP contribution >= 0.6 is 0 Å². The maximum Gasteiger partial charge on any atom is 0.331 e. The second-order valence-corrected chi connectivity index (χ2v) is 7.33. The van der Waals surface area contributed by atoms with Crippen molar-refractivity contribution in [1.82, 2.24) is 4.90 Å². The fourth-order valence-electron chi connectivity index (χ4n) is 3.84. The second-order valence-electron chi connectivity index (χ2n) is 7.33. The van der Waals surface area contributed by atoms with Crippen LogP contribution in [-0.2, 0) is 9.59 Å². The zero-order valence-corrected chi connectivity index (χ0v) is 16.6. The molecule has 1 aromatic carbocycles. The lowest BCUT2D eigenvalue weighted by molar-refractivity contribution is -0.152. The summed E-state index contributed by atoms with van der Waals surface area (Å²) in [6, 6.07) is 10.2. The Labute approximate surface area is 166 Å². The molecule has 1 fully saturated rings. The van der Waals surface area contributed by atoms with Crippen LogP contribution in [0.5, 0.6) is 0 Å². The van der Waals surface area contributed by atoms with Crippen molar-refractivity contribution in [3.05, 3.63) is 66.3 Å². The molecule has 1 aromatic rings. The molecule has 3 rings (SSSR count). The van der Waals surface area contributed by atoms with Crippen LogP contribution in [0.3, 0.4) is 0 Å². The normalized spacial score (nSPS) is 24.5. The van der Waals surface area contributed by atoms with Crippen molar-refractivity contribution in [2.24, 2.45) is 5.92 Å². The molecule has 5 nitrogen and oxygen atoms in total. The van der Waals surface area contributed by atoms with Gasteiger partial charge in [-0.3, -0.25) is 4.90 Å². The molecule has 2 N–H and O–H groups in total.